The molecular weight excluding hydrogens is 300 g/mol. The van der Waals surface area contributed by atoms with Gasteiger partial charge in [0.2, 0.25) is 0 Å². The fourth-order valence-electron chi connectivity index (χ4n) is 4.16. The van der Waals surface area contributed by atoms with E-state index in [2.05, 4.69) is 76.2 Å². The van der Waals surface area contributed by atoms with Gasteiger partial charge in [0.05, 0.1) is 0 Å². The Morgan fingerprint density at radius 2 is 1.35 bits per heavy atom. The maximum atomic E-state index is 11.5. The number of carboxylic acid groups (broad SMARTS) is 1. The average Bonchev–Trinajstić information content (AvgIpc) is 2.48. The number of hydrogen-bond donors (Lipinski definition) is 1. The van der Waals surface area contributed by atoms with Crippen molar-refractivity contribution in [3.05, 3.63) is 60.7 Å². The standard InChI is InChI=1S/C20H26O2Si/c1-16(15-19(21)22)23(20(2,3)4,17-11-7-5-8-12-17)18-13-9-6-10-14-18/h5-14,16H,15H2,1-4H3,(H,21,22)/t16-/m1/s1. The predicted octanol–water partition coefficient (Wildman–Crippen LogP) is 3.91. The fourth-order valence-corrected chi connectivity index (χ4v) is 10.8. The number of carboxylic acids is 1. The summed E-state index contributed by atoms with van der Waals surface area (Å²) in [4.78, 5) is 11.5. The summed E-state index contributed by atoms with van der Waals surface area (Å²) in [6, 6.07) is 21.1. The van der Waals surface area contributed by atoms with Gasteiger partial charge in [-0.15, -0.1) is 0 Å². The van der Waals surface area contributed by atoms with Gasteiger partial charge in [0.1, 0.15) is 8.07 Å². The van der Waals surface area contributed by atoms with Crippen molar-refractivity contribution in [2.45, 2.75) is 44.7 Å². The first-order chi connectivity index (χ1) is 10.8. The molecular formula is C20H26O2Si. The zero-order chi connectivity index (χ0) is 17.1. The summed E-state index contributed by atoms with van der Waals surface area (Å²) in [6.45, 7) is 8.90. The second-order valence-electron chi connectivity index (χ2n) is 7.29. The Balaban J connectivity index is 2.77. The van der Waals surface area contributed by atoms with Crippen molar-refractivity contribution in [2.24, 2.45) is 0 Å². The third-order valence-electron chi connectivity index (χ3n) is 4.86. The molecule has 0 amide bonds. The molecule has 0 saturated carbocycles. The second-order valence-corrected chi connectivity index (χ2v) is 12.5. The maximum Gasteiger partial charge on any atom is 0.303 e. The molecule has 0 bridgehead atoms. The van der Waals surface area contributed by atoms with Gasteiger partial charge in [0.25, 0.3) is 0 Å². The number of carbonyl (C=O) groups is 1. The van der Waals surface area contributed by atoms with E-state index in [4.69, 9.17) is 0 Å². The van der Waals surface area contributed by atoms with E-state index in [0.29, 0.717) is 0 Å². The third-order valence-corrected chi connectivity index (χ3v) is 11.4. The van der Waals surface area contributed by atoms with Gasteiger partial charge in [-0.25, -0.2) is 0 Å². The Labute approximate surface area is 140 Å². The first-order valence-electron chi connectivity index (χ1n) is 8.13. The Hall–Kier alpha value is -1.87. The van der Waals surface area contributed by atoms with Gasteiger partial charge in [-0.2, -0.15) is 0 Å². The molecule has 0 fully saturated rings. The van der Waals surface area contributed by atoms with Crippen LogP contribution in [0.25, 0.3) is 0 Å². The van der Waals surface area contributed by atoms with Crippen LogP contribution in [0.4, 0.5) is 0 Å². The lowest BCUT2D eigenvalue weighted by Gasteiger charge is -2.48. The molecule has 0 saturated heterocycles. The van der Waals surface area contributed by atoms with Crippen molar-refractivity contribution in [1.29, 1.82) is 0 Å². The number of hydrogen-bond acceptors (Lipinski definition) is 1. The van der Waals surface area contributed by atoms with Gasteiger partial charge in [-0.05, 0) is 10.6 Å². The number of rotatable bonds is 5. The first-order valence-corrected chi connectivity index (χ1v) is 10.2. The normalized spacial score (nSPS) is 13.6. The molecule has 122 valence electrons. The predicted molar refractivity (Wildman–Crippen MR) is 99.3 cm³/mol. The summed E-state index contributed by atoms with van der Waals surface area (Å²) in [6.07, 6.45) is 0.202. The molecule has 0 heterocycles. The molecule has 2 aromatic rings. The summed E-state index contributed by atoms with van der Waals surface area (Å²) in [7, 11) is -2.30. The SMILES string of the molecule is C[C@H](CC(=O)O)[Si](c1ccccc1)(c1ccccc1)C(C)(C)C. The first kappa shape index (κ1) is 17.5. The maximum absolute atomic E-state index is 11.5. The Morgan fingerprint density at radius 1 is 0.957 bits per heavy atom. The van der Waals surface area contributed by atoms with Gasteiger partial charge in [0.15, 0.2) is 0 Å². The van der Waals surface area contributed by atoms with Crippen LogP contribution in [0.15, 0.2) is 60.7 Å². The fraction of sp³-hybridized carbons (Fsp3) is 0.350. The van der Waals surface area contributed by atoms with E-state index in [-0.39, 0.29) is 17.0 Å². The molecule has 23 heavy (non-hydrogen) atoms. The van der Waals surface area contributed by atoms with Crippen LogP contribution in [0, 0.1) is 0 Å². The zero-order valence-electron chi connectivity index (χ0n) is 14.4. The molecule has 0 aliphatic heterocycles. The van der Waals surface area contributed by atoms with Crippen molar-refractivity contribution >= 4 is 24.4 Å². The van der Waals surface area contributed by atoms with E-state index < -0.39 is 14.0 Å². The van der Waals surface area contributed by atoms with Crippen molar-refractivity contribution in [3.8, 4) is 0 Å². The molecule has 2 aromatic carbocycles. The lowest BCUT2D eigenvalue weighted by molar-refractivity contribution is -0.137. The quantitative estimate of drug-likeness (QED) is 0.846. The summed E-state index contributed by atoms with van der Waals surface area (Å²) >= 11 is 0. The van der Waals surface area contributed by atoms with Crippen LogP contribution in [0.1, 0.15) is 34.1 Å². The lowest BCUT2D eigenvalue weighted by atomic mass is 10.2. The highest BCUT2D eigenvalue weighted by atomic mass is 28.3. The third kappa shape index (κ3) is 3.25. The second kappa shape index (κ2) is 6.71. The van der Waals surface area contributed by atoms with Crippen molar-refractivity contribution in [3.63, 3.8) is 0 Å². The minimum Gasteiger partial charge on any atom is -0.481 e. The van der Waals surface area contributed by atoms with Crippen LogP contribution in [0.5, 0.6) is 0 Å². The Morgan fingerprint density at radius 3 is 1.65 bits per heavy atom. The van der Waals surface area contributed by atoms with Gasteiger partial charge in [0, 0.05) is 6.42 Å². The topological polar surface area (TPSA) is 37.3 Å². The zero-order valence-corrected chi connectivity index (χ0v) is 15.4. The van der Waals surface area contributed by atoms with Crippen LogP contribution in [0.2, 0.25) is 10.6 Å². The molecule has 3 heteroatoms. The monoisotopic (exact) mass is 326 g/mol. The average molecular weight is 327 g/mol. The van der Waals surface area contributed by atoms with Gasteiger partial charge >= 0.3 is 5.97 Å². The van der Waals surface area contributed by atoms with E-state index in [0.717, 1.165) is 0 Å². The van der Waals surface area contributed by atoms with Crippen molar-refractivity contribution in [1.82, 2.24) is 0 Å². The molecule has 0 unspecified atom stereocenters. The van der Waals surface area contributed by atoms with E-state index in [9.17, 15) is 9.90 Å². The van der Waals surface area contributed by atoms with Crippen LogP contribution < -0.4 is 10.4 Å². The summed E-state index contributed by atoms with van der Waals surface area (Å²) < 4.78 is 0. The molecule has 1 atom stereocenters. The molecule has 2 nitrogen and oxygen atoms in total. The molecule has 0 aliphatic carbocycles. The van der Waals surface area contributed by atoms with E-state index in [1.807, 2.05) is 12.1 Å². The Kier molecular flexibility index (Phi) is 5.10. The van der Waals surface area contributed by atoms with Crippen molar-refractivity contribution in [2.75, 3.05) is 0 Å². The largest absolute Gasteiger partial charge is 0.481 e. The summed E-state index contributed by atoms with van der Waals surface area (Å²) in [5.74, 6) is -0.717. The molecule has 1 N–H and O–H groups in total. The highest BCUT2D eigenvalue weighted by Gasteiger charge is 2.51. The molecule has 0 aromatic heterocycles. The van der Waals surface area contributed by atoms with Gasteiger partial charge < -0.3 is 5.11 Å². The number of benzene rings is 2. The van der Waals surface area contributed by atoms with Gasteiger partial charge in [-0.1, -0.05) is 98.7 Å². The summed E-state index contributed by atoms with van der Waals surface area (Å²) in [5, 5.41) is 12.1. The van der Waals surface area contributed by atoms with E-state index in [1.54, 1.807) is 0 Å². The molecule has 0 aliphatic rings. The molecule has 2 rings (SSSR count). The number of aliphatic carboxylic acids is 1. The van der Waals surface area contributed by atoms with Crippen LogP contribution in [-0.4, -0.2) is 19.1 Å². The highest BCUT2D eigenvalue weighted by Crippen LogP contribution is 2.44. The van der Waals surface area contributed by atoms with Crippen molar-refractivity contribution < 1.29 is 9.90 Å². The van der Waals surface area contributed by atoms with Crippen LogP contribution in [0.3, 0.4) is 0 Å². The minimum atomic E-state index is -2.30. The lowest BCUT2D eigenvalue weighted by Crippen LogP contribution is -2.66. The van der Waals surface area contributed by atoms with Crippen LogP contribution >= 0.6 is 0 Å². The summed E-state index contributed by atoms with van der Waals surface area (Å²) in [5.41, 5.74) is 0.102. The van der Waals surface area contributed by atoms with Gasteiger partial charge in [-0.3, -0.25) is 4.79 Å². The molecule has 0 radical (unpaired) electrons. The molecule has 0 spiro atoms. The highest BCUT2D eigenvalue weighted by molar-refractivity contribution is 7.05. The minimum absolute atomic E-state index is 0.00454. The van der Waals surface area contributed by atoms with E-state index in [1.165, 1.54) is 10.4 Å². The smallest absolute Gasteiger partial charge is 0.303 e. The Bertz CT molecular complexity index is 605. The van der Waals surface area contributed by atoms with Crippen LogP contribution in [-0.2, 0) is 4.79 Å². The van der Waals surface area contributed by atoms with E-state index >= 15 is 0 Å².